The van der Waals surface area contributed by atoms with Gasteiger partial charge in [-0.3, -0.25) is 9.89 Å². The number of rotatable bonds is 5. The molecule has 2 N–H and O–H groups in total. The molecule has 6 nitrogen and oxygen atoms in total. The minimum Gasteiger partial charge on any atom is -0.396 e. The van der Waals surface area contributed by atoms with Gasteiger partial charge in [0.1, 0.15) is 0 Å². The van der Waals surface area contributed by atoms with Crippen LogP contribution in [0.2, 0.25) is 0 Å². The molecule has 0 spiro atoms. The lowest BCUT2D eigenvalue weighted by atomic mass is 9.88. The van der Waals surface area contributed by atoms with Gasteiger partial charge in [0.2, 0.25) is 0 Å². The van der Waals surface area contributed by atoms with E-state index in [4.69, 9.17) is 0 Å². The standard InChI is InChI=1S/C19H30N4O2/c1-13-17(18(21-20-13)16-4-5-16)19(25)23-10-14(8-15(11-23)12-24)9-22-6-2-3-7-22/h14-16,24H,2-12H2,1H3,(H,20,21)/t14-,15-/m1/s1. The Hall–Kier alpha value is -1.40. The van der Waals surface area contributed by atoms with Gasteiger partial charge in [0.05, 0.1) is 11.3 Å². The summed E-state index contributed by atoms with van der Waals surface area (Å²) < 4.78 is 0. The van der Waals surface area contributed by atoms with Gasteiger partial charge in [-0.25, -0.2) is 0 Å². The van der Waals surface area contributed by atoms with Gasteiger partial charge in [0.25, 0.3) is 5.91 Å². The Balaban J connectivity index is 1.49. The van der Waals surface area contributed by atoms with E-state index in [9.17, 15) is 9.90 Å². The van der Waals surface area contributed by atoms with Crippen molar-refractivity contribution in [3.05, 3.63) is 17.0 Å². The molecule has 4 rings (SSSR count). The van der Waals surface area contributed by atoms with E-state index >= 15 is 0 Å². The van der Waals surface area contributed by atoms with Crippen molar-refractivity contribution in [2.75, 3.05) is 39.3 Å². The average Bonchev–Trinajstić information content (AvgIpc) is 3.20. The van der Waals surface area contributed by atoms with Crippen LogP contribution in [0.4, 0.5) is 0 Å². The van der Waals surface area contributed by atoms with Crippen LogP contribution in [-0.4, -0.2) is 70.3 Å². The van der Waals surface area contributed by atoms with Gasteiger partial charge in [-0.2, -0.15) is 5.10 Å². The first-order chi connectivity index (χ1) is 12.2. The van der Waals surface area contributed by atoms with E-state index in [1.165, 1.54) is 25.9 Å². The van der Waals surface area contributed by atoms with Gasteiger partial charge in [0, 0.05) is 37.9 Å². The largest absolute Gasteiger partial charge is 0.396 e. The zero-order valence-corrected chi connectivity index (χ0v) is 15.2. The highest BCUT2D eigenvalue weighted by molar-refractivity contribution is 5.96. The fourth-order valence-electron chi connectivity index (χ4n) is 4.61. The van der Waals surface area contributed by atoms with Gasteiger partial charge in [-0.05, 0) is 64.0 Å². The van der Waals surface area contributed by atoms with Crippen molar-refractivity contribution in [2.45, 2.75) is 44.9 Å². The first-order valence-electron chi connectivity index (χ1n) is 9.83. The van der Waals surface area contributed by atoms with Crippen LogP contribution in [0.5, 0.6) is 0 Å². The molecular weight excluding hydrogens is 316 g/mol. The molecule has 25 heavy (non-hydrogen) atoms. The van der Waals surface area contributed by atoms with E-state index < -0.39 is 0 Å². The minimum atomic E-state index is 0.109. The number of aryl methyl sites for hydroxylation is 1. The summed E-state index contributed by atoms with van der Waals surface area (Å²) in [5.41, 5.74) is 2.64. The van der Waals surface area contributed by atoms with Gasteiger partial charge >= 0.3 is 0 Å². The van der Waals surface area contributed by atoms with E-state index in [2.05, 4.69) is 15.1 Å². The molecule has 6 heteroatoms. The fraction of sp³-hybridized carbons (Fsp3) is 0.789. The zero-order chi connectivity index (χ0) is 17.4. The Bertz CT molecular complexity index is 619. The second kappa shape index (κ2) is 7.08. The Labute approximate surface area is 149 Å². The molecule has 2 saturated heterocycles. The smallest absolute Gasteiger partial charge is 0.257 e. The molecule has 1 aliphatic carbocycles. The molecule has 1 aromatic rings. The highest BCUT2D eigenvalue weighted by Gasteiger charge is 2.36. The third-order valence-corrected chi connectivity index (χ3v) is 6.04. The number of hydrogen-bond donors (Lipinski definition) is 2. The first-order valence-corrected chi connectivity index (χ1v) is 9.83. The SMILES string of the molecule is Cc1[nH]nc(C2CC2)c1C(=O)N1C[C@H](CO)C[C@H](CN2CCCC2)C1. The number of nitrogens with one attached hydrogen (secondary N) is 1. The van der Waals surface area contributed by atoms with E-state index in [1.54, 1.807) is 0 Å². The van der Waals surface area contributed by atoms with Crippen LogP contribution in [0.1, 0.15) is 59.8 Å². The van der Waals surface area contributed by atoms with Crippen LogP contribution >= 0.6 is 0 Å². The number of likely N-dealkylation sites (tertiary alicyclic amines) is 2. The number of carbonyl (C=O) groups is 1. The van der Waals surface area contributed by atoms with Crippen molar-refractivity contribution < 1.29 is 9.90 Å². The molecule has 1 saturated carbocycles. The van der Waals surface area contributed by atoms with Crippen LogP contribution < -0.4 is 0 Å². The zero-order valence-electron chi connectivity index (χ0n) is 15.2. The lowest BCUT2D eigenvalue weighted by Gasteiger charge is -2.38. The summed E-state index contributed by atoms with van der Waals surface area (Å²) in [6.45, 7) is 7.00. The van der Waals surface area contributed by atoms with Crippen molar-refractivity contribution in [1.29, 1.82) is 0 Å². The number of hydrogen-bond acceptors (Lipinski definition) is 4. The Morgan fingerprint density at radius 1 is 1.24 bits per heavy atom. The number of aromatic amines is 1. The van der Waals surface area contributed by atoms with Crippen molar-refractivity contribution in [2.24, 2.45) is 11.8 Å². The Morgan fingerprint density at radius 3 is 2.64 bits per heavy atom. The normalized spacial score (nSPS) is 27.8. The molecule has 3 aliphatic rings. The molecule has 0 radical (unpaired) electrons. The van der Waals surface area contributed by atoms with Gasteiger partial charge < -0.3 is 14.9 Å². The molecule has 1 amide bonds. The molecule has 1 aromatic heterocycles. The summed E-state index contributed by atoms with van der Waals surface area (Å²) >= 11 is 0. The molecule has 138 valence electrons. The van der Waals surface area contributed by atoms with E-state index in [0.29, 0.717) is 18.4 Å². The number of aliphatic hydroxyl groups is 1. The maximum atomic E-state index is 13.2. The van der Waals surface area contributed by atoms with E-state index in [0.717, 1.165) is 49.3 Å². The second-order valence-corrected chi connectivity index (χ2v) is 8.25. The highest BCUT2D eigenvalue weighted by atomic mass is 16.3. The summed E-state index contributed by atoms with van der Waals surface area (Å²) in [7, 11) is 0. The summed E-state index contributed by atoms with van der Waals surface area (Å²) in [5.74, 6) is 1.23. The maximum absolute atomic E-state index is 13.2. The molecule has 3 fully saturated rings. The average molecular weight is 346 g/mol. The van der Waals surface area contributed by atoms with E-state index in [1.807, 2.05) is 11.8 Å². The fourth-order valence-corrected chi connectivity index (χ4v) is 4.61. The van der Waals surface area contributed by atoms with Gasteiger partial charge in [0.15, 0.2) is 0 Å². The van der Waals surface area contributed by atoms with Crippen molar-refractivity contribution in [3.8, 4) is 0 Å². The van der Waals surface area contributed by atoms with Crippen molar-refractivity contribution >= 4 is 5.91 Å². The van der Waals surface area contributed by atoms with Crippen LogP contribution in [0.3, 0.4) is 0 Å². The Morgan fingerprint density at radius 2 is 1.96 bits per heavy atom. The number of nitrogens with zero attached hydrogens (tertiary/aromatic N) is 3. The lowest BCUT2D eigenvalue weighted by Crippen LogP contribution is -2.48. The topological polar surface area (TPSA) is 72.5 Å². The predicted octanol–water partition coefficient (Wildman–Crippen LogP) is 1.76. The Kier molecular flexibility index (Phi) is 4.82. The van der Waals surface area contributed by atoms with Crippen LogP contribution in [0, 0.1) is 18.8 Å². The van der Waals surface area contributed by atoms with Crippen LogP contribution in [-0.2, 0) is 0 Å². The van der Waals surface area contributed by atoms with E-state index in [-0.39, 0.29) is 18.4 Å². The lowest BCUT2D eigenvalue weighted by molar-refractivity contribution is 0.0464. The van der Waals surface area contributed by atoms with Gasteiger partial charge in [-0.1, -0.05) is 0 Å². The van der Waals surface area contributed by atoms with Crippen LogP contribution in [0.15, 0.2) is 0 Å². The number of piperidine rings is 1. The predicted molar refractivity (Wildman–Crippen MR) is 95.6 cm³/mol. The third kappa shape index (κ3) is 3.60. The highest BCUT2D eigenvalue weighted by Crippen LogP contribution is 2.41. The van der Waals surface area contributed by atoms with Crippen molar-refractivity contribution in [3.63, 3.8) is 0 Å². The van der Waals surface area contributed by atoms with Crippen molar-refractivity contribution in [1.82, 2.24) is 20.0 Å². The number of aliphatic hydroxyl groups excluding tert-OH is 1. The summed E-state index contributed by atoms with van der Waals surface area (Å²) in [6.07, 6.45) is 5.88. The summed E-state index contributed by atoms with van der Waals surface area (Å²) in [5, 5.41) is 17.2. The van der Waals surface area contributed by atoms with Crippen LogP contribution in [0.25, 0.3) is 0 Å². The second-order valence-electron chi connectivity index (χ2n) is 8.25. The third-order valence-electron chi connectivity index (χ3n) is 6.04. The number of carbonyl (C=O) groups excluding carboxylic acids is 1. The monoisotopic (exact) mass is 346 g/mol. The number of amides is 1. The molecule has 2 atom stereocenters. The minimum absolute atomic E-state index is 0.109. The molecule has 0 aromatic carbocycles. The molecule has 2 aliphatic heterocycles. The quantitative estimate of drug-likeness (QED) is 0.852. The maximum Gasteiger partial charge on any atom is 0.257 e. The summed E-state index contributed by atoms with van der Waals surface area (Å²) in [6, 6.07) is 0. The van der Waals surface area contributed by atoms with Gasteiger partial charge in [-0.15, -0.1) is 0 Å². The first kappa shape index (κ1) is 17.0. The molecule has 0 bridgehead atoms. The molecular formula is C19H30N4O2. The molecule has 0 unspecified atom stereocenters. The number of aromatic nitrogens is 2. The molecule has 3 heterocycles. The summed E-state index contributed by atoms with van der Waals surface area (Å²) in [4.78, 5) is 17.8. The number of H-pyrrole nitrogens is 1.